The number of thiazole rings is 1. The van der Waals surface area contributed by atoms with Crippen molar-refractivity contribution in [2.45, 2.75) is 19.6 Å². The molecule has 29 heavy (non-hydrogen) atoms. The van der Waals surface area contributed by atoms with Gasteiger partial charge in [-0.2, -0.15) is 0 Å². The van der Waals surface area contributed by atoms with E-state index < -0.39 is 23.9 Å². The summed E-state index contributed by atoms with van der Waals surface area (Å²) in [6.45, 7) is 1.35. The van der Waals surface area contributed by atoms with Crippen LogP contribution in [0.15, 0.2) is 48.5 Å². The number of amides is 2. The molecule has 1 heterocycles. The zero-order valence-corrected chi connectivity index (χ0v) is 16.4. The SMILES string of the molecule is C[C@@H](OC(=O)COCc1nc2ccccc2s1)C(=O)Nc1ccc(C(N)=O)cc1. The van der Waals surface area contributed by atoms with Gasteiger partial charge in [0, 0.05) is 11.3 Å². The Balaban J connectivity index is 1.43. The molecule has 0 radical (unpaired) electrons. The Kier molecular flexibility index (Phi) is 6.53. The summed E-state index contributed by atoms with van der Waals surface area (Å²) in [6.07, 6.45) is -1.01. The second-order valence-corrected chi connectivity index (χ2v) is 7.25. The molecule has 2 amide bonds. The maximum atomic E-state index is 12.1. The summed E-state index contributed by atoms with van der Waals surface area (Å²) in [7, 11) is 0. The average Bonchev–Trinajstić information content (AvgIpc) is 3.11. The van der Waals surface area contributed by atoms with Crippen molar-refractivity contribution in [2.24, 2.45) is 5.73 Å². The van der Waals surface area contributed by atoms with Crippen LogP contribution in [0.5, 0.6) is 0 Å². The van der Waals surface area contributed by atoms with Crippen LogP contribution in [0.3, 0.4) is 0 Å². The van der Waals surface area contributed by atoms with E-state index in [2.05, 4.69) is 10.3 Å². The Morgan fingerprint density at radius 1 is 1.14 bits per heavy atom. The maximum absolute atomic E-state index is 12.1. The third-order valence-corrected chi connectivity index (χ3v) is 4.91. The quantitative estimate of drug-likeness (QED) is 0.547. The van der Waals surface area contributed by atoms with Gasteiger partial charge in [0.1, 0.15) is 11.6 Å². The topological polar surface area (TPSA) is 121 Å². The molecule has 0 saturated heterocycles. The predicted molar refractivity (Wildman–Crippen MR) is 108 cm³/mol. The molecule has 0 unspecified atom stereocenters. The molecule has 3 N–H and O–H groups in total. The average molecular weight is 413 g/mol. The number of rotatable bonds is 8. The van der Waals surface area contributed by atoms with Gasteiger partial charge in [-0.1, -0.05) is 12.1 Å². The van der Waals surface area contributed by atoms with Crippen molar-refractivity contribution in [3.05, 3.63) is 59.1 Å². The minimum Gasteiger partial charge on any atom is -0.451 e. The molecule has 0 bridgehead atoms. The van der Waals surface area contributed by atoms with Crippen LogP contribution in [0.2, 0.25) is 0 Å². The van der Waals surface area contributed by atoms with Crippen molar-refractivity contribution in [3.63, 3.8) is 0 Å². The smallest absolute Gasteiger partial charge is 0.332 e. The van der Waals surface area contributed by atoms with Crippen molar-refractivity contribution < 1.29 is 23.9 Å². The van der Waals surface area contributed by atoms with Gasteiger partial charge in [0.2, 0.25) is 5.91 Å². The first-order chi connectivity index (χ1) is 13.9. The lowest BCUT2D eigenvalue weighted by Crippen LogP contribution is -2.31. The Morgan fingerprint density at radius 2 is 1.86 bits per heavy atom. The fourth-order valence-corrected chi connectivity index (χ4v) is 3.35. The molecule has 0 aliphatic rings. The highest BCUT2D eigenvalue weighted by atomic mass is 32.1. The standard InChI is InChI=1S/C20H19N3O5S/c1-12(20(26)22-14-8-6-13(7-9-14)19(21)25)28-18(24)11-27-10-17-23-15-4-2-3-5-16(15)29-17/h2-9,12H,10-11H2,1H3,(H2,21,25)(H,22,26)/t12-/m1/s1. The molecule has 0 spiro atoms. The molecular weight excluding hydrogens is 394 g/mol. The third kappa shape index (κ3) is 5.59. The Bertz CT molecular complexity index is 999. The molecule has 9 heteroatoms. The van der Waals surface area contributed by atoms with Crippen LogP contribution in [-0.4, -0.2) is 35.5 Å². The first-order valence-electron chi connectivity index (χ1n) is 8.75. The number of primary amides is 1. The van der Waals surface area contributed by atoms with Crippen LogP contribution in [0.4, 0.5) is 5.69 Å². The summed E-state index contributed by atoms with van der Waals surface area (Å²) in [5.41, 5.74) is 6.83. The molecule has 0 fully saturated rings. The van der Waals surface area contributed by atoms with Crippen LogP contribution in [0, 0.1) is 0 Å². The van der Waals surface area contributed by atoms with E-state index in [1.807, 2.05) is 24.3 Å². The summed E-state index contributed by atoms with van der Waals surface area (Å²) >= 11 is 1.49. The number of benzene rings is 2. The van der Waals surface area contributed by atoms with Crippen LogP contribution in [0.25, 0.3) is 10.2 Å². The van der Waals surface area contributed by atoms with Gasteiger partial charge in [-0.15, -0.1) is 11.3 Å². The summed E-state index contributed by atoms with van der Waals surface area (Å²) in [4.78, 5) is 39.5. The van der Waals surface area contributed by atoms with Crippen LogP contribution in [-0.2, 0) is 25.7 Å². The van der Waals surface area contributed by atoms with E-state index in [0.717, 1.165) is 15.2 Å². The molecule has 1 aromatic heterocycles. The number of carbonyl (C=O) groups excluding carboxylic acids is 3. The van der Waals surface area contributed by atoms with E-state index in [4.69, 9.17) is 15.2 Å². The molecule has 0 aliphatic heterocycles. The minimum atomic E-state index is -1.01. The molecule has 150 valence electrons. The summed E-state index contributed by atoms with van der Waals surface area (Å²) in [5, 5.41) is 3.35. The van der Waals surface area contributed by atoms with Crippen LogP contribution in [0.1, 0.15) is 22.3 Å². The zero-order valence-electron chi connectivity index (χ0n) is 15.6. The molecule has 0 saturated carbocycles. The molecule has 3 aromatic rings. The highest BCUT2D eigenvalue weighted by Gasteiger charge is 2.18. The number of fused-ring (bicyclic) bond motifs is 1. The van der Waals surface area contributed by atoms with E-state index >= 15 is 0 Å². The molecule has 8 nitrogen and oxygen atoms in total. The third-order valence-electron chi connectivity index (χ3n) is 3.90. The number of esters is 1. The Labute approximate surface area is 170 Å². The van der Waals surface area contributed by atoms with Gasteiger partial charge in [-0.25, -0.2) is 9.78 Å². The van der Waals surface area contributed by atoms with Gasteiger partial charge < -0.3 is 20.5 Å². The van der Waals surface area contributed by atoms with E-state index in [0.29, 0.717) is 11.3 Å². The van der Waals surface area contributed by atoms with Gasteiger partial charge in [0.15, 0.2) is 6.10 Å². The molecule has 1 atom stereocenters. The number of carbonyl (C=O) groups is 3. The number of hydrogen-bond acceptors (Lipinski definition) is 7. The highest BCUT2D eigenvalue weighted by Crippen LogP contribution is 2.21. The molecule has 3 rings (SSSR count). The summed E-state index contributed by atoms with van der Waals surface area (Å²) in [6, 6.07) is 13.8. The largest absolute Gasteiger partial charge is 0.451 e. The first-order valence-corrected chi connectivity index (χ1v) is 9.56. The Morgan fingerprint density at radius 3 is 2.55 bits per heavy atom. The van der Waals surface area contributed by atoms with Crippen molar-refractivity contribution in [1.82, 2.24) is 4.98 Å². The van der Waals surface area contributed by atoms with E-state index in [-0.39, 0.29) is 13.2 Å². The van der Waals surface area contributed by atoms with Crippen LogP contribution < -0.4 is 11.1 Å². The number of aromatic nitrogens is 1. The van der Waals surface area contributed by atoms with E-state index in [1.165, 1.54) is 42.5 Å². The number of para-hydroxylation sites is 1. The summed E-state index contributed by atoms with van der Waals surface area (Å²) < 4.78 is 11.5. The lowest BCUT2D eigenvalue weighted by molar-refractivity contribution is -0.157. The summed E-state index contributed by atoms with van der Waals surface area (Å²) in [5.74, 6) is -1.72. The number of nitrogens with two attached hydrogens (primary N) is 1. The second kappa shape index (κ2) is 9.26. The first kappa shape index (κ1) is 20.4. The fourth-order valence-electron chi connectivity index (χ4n) is 2.45. The van der Waals surface area contributed by atoms with Crippen molar-refractivity contribution in [3.8, 4) is 0 Å². The fraction of sp³-hybridized carbons (Fsp3) is 0.200. The van der Waals surface area contributed by atoms with Gasteiger partial charge in [-0.3, -0.25) is 9.59 Å². The minimum absolute atomic E-state index is 0.182. The Hall–Kier alpha value is -3.30. The van der Waals surface area contributed by atoms with Gasteiger partial charge in [0.25, 0.3) is 5.91 Å². The monoisotopic (exact) mass is 413 g/mol. The van der Waals surface area contributed by atoms with Gasteiger partial charge >= 0.3 is 5.97 Å². The molecule has 2 aromatic carbocycles. The zero-order chi connectivity index (χ0) is 20.8. The van der Waals surface area contributed by atoms with Crippen molar-refractivity contribution in [2.75, 3.05) is 11.9 Å². The number of nitrogens with zero attached hydrogens (tertiary/aromatic N) is 1. The maximum Gasteiger partial charge on any atom is 0.332 e. The number of ether oxygens (including phenoxy) is 2. The molecular formula is C20H19N3O5S. The number of hydrogen-bond donors (Lipinski definition) is 2. The van der Waals surface area contributed by atoms with Crippen LogP contribution >= 0.6 is 11.3 Å². The predicted octanol–water partition coefficient (Wildman–Crippen LogP) is 2.48. The van der Waals surface area contributed by atoms with Crippen molar-refractivity contribution >= 4 is 45.0 Å². The van der Waals surface area contributed by atoms with Gasteiger partial charge in [-0.05, 0) is 43.3 Å². The highest BCUT2D eigenvalue weighted by molar-refractivity contribution is 7.18. The van der Waals surface area contributed by atoms with Crippen molar-refractivity contribution in [1.29, 1.82) is 0 Å². The lowest BCUT2D eigenvalue weighted by Gasteiger charge is -2.13. The van der Waals surface area contributed by atoms with E-state index in [1.54, 1.807) is 0 Å². The normalized spacial score (nSPS) is 11.8. The lowest BCUT2D eigenvalue weighted by atomic mass is 10.2. The van der Waals surface area contributed by atoms with Gasteiger partial charge in [0.05, 0.1) is 16.8 Å². The second-order valence-electron chi connectivity index (χ2n) is 6.13. The molecule has 0 aliphatic carbocycles. The number of nitrogens with one attached hydrogen (secondary N) is 1. The van der Waals surface area contributed by atoms with E-state index in [9.17, 15) is 14.4 Å². The number of anilines is 1.